The van der Waals surface area contributed by atoms with Crippen molar-refractivity contribution in [2.24, 2.45) is 10.1 Å². The first kappa shape index (κ1) is 25.0. The van der Waals surface area contributed by atoms with Crippen LogP contribution in [0.1, 0.15) is 30.0 Å². The summed E-state index contributed by atoms with van der Waals surface area (Å²) in [4.78, 5) is 29.8. The number of para-hydroxylation sites is 2. The molecule has 5 rings (SSSR count). The first-order valence-electron chi connectivity index (χ1n) is 11.5. The lowest BCUT2D eigenvalue weighted by molar-refractivity contribution is -0.121. The number of thioether (sulfide) groups is 1. The number of anilines is 1. The number of benzene rings is 3. The molecule has 0 unspecified atom stereocenters. The zero-order chi connectivity index (χ0) is 25.9. The van der Waals surface area contributed by atoms with Crippen LogP contribution < -0.4 is 10.1 Å². The van der Waals surface area contributed by atoms with E-state index in [2.05, 4.69) is 10.3 Å². The van der Waals surface area contributed by atoms with Crippen molar-refractivity contribution < 1.29 is 18.7 Å². The molecule has 7 nitrogen and oxygen atoms in total. The molecule has 0 saturated heterocycles. The number of amides is 2. The first-order valence-corrected chi connectivity index (χ1v) is 12.8. The third kappa shape index (κ3) is 5.52. The molecular formula is C27H22ClFN4O3S. The standard InChI is InChI=1S/C27H22ClFN4O3S/c1-36-23-5-3-2-4-20(23)30-25(34)15-24-26(35)31-27(37-24)33-22(17-6-10-18(28)11-7-17)14-21(32-33)16-8-12-19(29)13-9-16/h2-13,22,24H,14-15H2,1H3,(H,30,34)/t22-,24-/m0/s1. The van der Waals surface area contributed by atoms with Crippen LogP contribution in [-0.2, 0) is 9.59 Å². The lowest BCUT2D eigenvalue weighted by Gasteiger charge is -2.23. The number of halogens is 2. The molecule has 2 atom stereocenters. The van der Waals surface area contributed by atoms with Gasteiger partial charge in [-0.05, 0) is 47.5 Å². The van der Waals surface area contributed by atoms with Crippen molar-refractivity contribution in [3.63, 3.8) is 0 Å². The quantitative estimate of drug-likeness (QED) is 0.439. The van der Waals surface area contributed by atoms with Gasteiger partial charge in [-0.1, -0.05) is 59.8 Å². The van der Waals surface area contributed by atoms with Gasteiger partial charge in [-0.25, -0.2) is 9.40 Å². The van der Waals surface area contributed by atoms with E-state index in [0.717, 1.165) is 16.8 Å². The Morgan fingerprint density at radius 2 is 1.86 bits per heavy atom. The predicted octanol–water partition coefficient (Wildman–Crippen LogP) is 5.67. The summed E-state index contributed by atoms with van der Waals surface area (Å²) >= 11 is 7.30. The maximum absolute atomic E-state index is 13.5. The highest BCUT2D eigenvalue weighted by Crippen LogP contribution is 2.39. The highest BCUT2D eigenvalue weighted by atomic mass is 35.5. The molecule has 0 aromatic heterocycles. The van der Waals surface area contributed by atoms with Gasteiger partial charge < -0.3 is 10.1 Å². The summed E-state index contributed by atoms with van der Waals surface area (Å²) in [5.74, 6) is -0.513. The third-order valence-electron chi connectivity index (χ3n) is 6.02. The molecule has 10 heteroatoms. The van der Waals surface area contributed by atoms with Crippen LogP contribution in [0.15, 0.2) is 82.9 Å². The lowest BCUT2D eigenvalue weighted by atomic mass is 9.99. The minimum atomic E-state index is -0.680. The van der Waals surface area contributed by atoms with Crippen molar-refractivity contribution in [3.05, 3.63) is 94.8 Å². The molecule has 1 N–H and O–H groups in total. The molecule has 0 radical (unpaired) electrons. The second-order valence-corrected chi connectivity index (χ2v) is 10.1. The van der Waals surface area contributed by atoms with Gasteiger partial charge in [-0.2, -0.15) is 10.1 Å². The summed E-state index contributed by atoms with van der Waals surface area (Å²) in [5, 5.41) is 9.62. The fourth-order valence-electron chi connectivity index (χ4n) is 4.17. The fraction of sp³-hybridized carbons (Fsp3) is 0.185. The molecule has 3 aromatic rings. The van der Waals surface area contributed by atoms with Gasteiger partial charge >= 0.3 is 0 Å². The predicted molar refractivity (Wildman–Crippen MR) is 144 cm³/mol. The Morgan fingerprint density at radius 3 is 2.59 bits per heavy atom. The number of carbonyl (C=O) groups excluding carboxylic acids is 2. The Hall–Kier alpha value is -3.69. The van der Waals surface area contributed by atoms with Crippen LogP contribution in [0.5, 0.6) is 5.75 Å². The van der Waals surface area contributed by atoms with Crippen LogP contribution in [0.2, 0.25) is 5.02 Å². The van der Waals surface area contributed by atoms with E-state index in [0.29, 0.717) is 28.0 Å². The number of hydrazone groups is 1. The molecule has 2 aliphatic heterocycles. The minimum Gasteiger partial charge on any atom is -0.495 e. The topological polar surface area (TPSA) is 83.4 Å². The summed E-state index contributed by atoms with van der Waals surface area (Å²) in [6, 6.07) is 20.4. The van der Waals surface area contributed by atoms with Crippen molar-refractivity contribution in [2.45, 2.75) is 24.1 Å². The Labute approximate surface area is 222 Å². The molecule has 2 aliphatic rings. The Kier molecular flexibility index (Phi) is 7.25. The van der Waals surface area contributed by atoms with Crippen LogP contribution >= 0.6 is 23.4 Å². The second kappa shape index (κ2) is 10.7. The number of carbonyl (C=O) groups is 2. The van der Waals surface area contributed by atoms with E-state index in [1.807, 2.05) is 12.1 Å². The molecule has 188 valence electrons. The van der Waals surface area contributed by atoms with Crippen LogP contribution in [-0.4, -0.2) is 40.1 Å². The molecule has 2 heterocycles. The van der Waals surface area contributed by atoms with E-state index < -0.39 is 11.2 Å². The van der Waals surface area contributed by atoms with Crippen molar-refractivity contribution in [1.29, 1.82) is 0 Å². The van der Waals surface area contributed by atoms with Crippen molar-refractivity contribution in [3.8, 4) is 5.75 Å². The number of nitrogens with one attached hydrogen (secondary N) is 1. The number of methoxy groups -OCH3 is 1. The van der Waals surface area contributed by atoms with Gasteiger partial charge in [0.05, 0.1) is 24.6 Å². The molecule has 0 bridgehead atoms. The van der Waals surface area contributed by atoms with Gasteiger partial charge in [-0.15, -0.1) is 0 Å². The van der Waals surface area contributed by atoms with Gasteiger partial charge in [0.2, 0.25) is 5.91 Å². The highest BCUT2D eigenvalue weighted by Gasteiger charge is 2.39. The number of hydrogen-bond donors (Lipinski definition) is 1. The Balaban J connectivity index is 1.35. The van der Waals surface area contributed by atoms with Crippen LogP contribution in [0.3, 0.4) is 0 Å². The Bertz CT molecular complexity index is 1400. The average Bonchev–Trinajstić information content (AvgIpc) is 3.49. The summed E-state index contributed by atoms with van der Waals surface area (Å²) in [6.07, 6.45) is 0.475. The van der Waals surface area contributed by atoms with Gasteiger partial charge in [-0.3, -0.25) is 9.59 Å². The number of nitrogens with zero attached hydrogens (tertiary/aromatic N) is 3. The van der Waals surface area contributed by atoms with Gasteiger partial charge in [0, 0.05) is 17.9 Å². The van der Waals surface area contributed by atoms with Gasteiger partial charge in [0.15, 0.2) is 5.17 Å². The maximum atomic E-state index is 13.5. The molecule has 0 saturated carbocycles. The van der Waals surface area contributed by atoms with E-state index in [1.54, 1.807) is 53.5 Å². The molecule has 3 aromatic carbocycles. The largest absolute Gasteiger partial charge is 0.495 e. The van der Waals surface area contributed by atoms with Crippen LogP contribution in [0, 0.1) is 5.82 Å². The van der Waals surface area contributed by atoms with E-state index in [-0.39, 0.29) is 24.2 Å². The Morgan fingerprint density at radius 1 is 1.14 bits per heavy atom. The molecule has 0 fully saturated rings. The van der Waals surface area contributed by atoms with E-state index >= 15 is 0 Å². The summed E-state index contributed by atoms with van der Waals surface area (Å²) < 4.78 is 18.8. The van der Waals surface area contributed by atoms with Gasteiger partial charge in [0.1, 0.15) is 16.8 Å². The molecule has 0 aliphatic carbocycles. The lowest BCUT2D eigenvalue weighted by Crippen LogP contribution is -2.25. The average molecular weight is 537 g/mol. The van der Waals surface area contributed by atoms with E-state index in [4.69, 9.17) is 21.4 Å². The number of amidine groups is 1. The monoisotopic (exact) mass is 536 g/mol. The molecule has 0 spiro atoms. The summed E-state index contributed by atoms with van der Waals surface area (Å²) in [6.45, 7) is 0. The van der Waals surface area contributed by atoms with Crippen molar-refractivity contribution in [2.75, 3.05) is 12.4 Å². The van der Waals surface area contributed by atoms with Gasteiger partial charge in [0.25, 0.3) is 5.91 Å². The van der Waals surface area contributed by atoms with Crippen molar-refractivity contribution >= 4 is 51.7 Å². The van der Waals surface area contributed by atoms with Crippen LogP contribution in [0.25, 0.3) is 0 Å². The normalized spacial score (nSPS) is 19.0. The third-order valence-corrected chi connectivity index (χ3v) is 7.41. The first-order chi connectivity index (χ1) is 17.9. The van der Waals surface area contributed by atoms with Crippen LogP contribution in [0.4, 0.5) is 10.1 Å². The number of aliphatic imine (C=N–C) groups is 1. The summed E-state index contributed by atoms with van der Waals surface area (Å²) in [5.41, 5.74) is 3.00. The van der Waals surface area contributed by atoms with Crippen molar-refractivity contribution in [1.82, 2.24) is 5.01 Å². The van der Waals surface area contributed by atoms with E-state index in [9.17, 15) is 14.0 Å². The minimum absolute atomic E-state index is 0.0530. The number of rotatable bonds is 6. The zero-order valence-electron chi connectivity index (χ0n) is 19.7. The fourth-order valence-corrected chi connectivity index (χ4v) is 5.36. The smallest absolute Gasteiger partial charge is 0.262 e. The van der Waals surface area contributed by atoms with E-state index in [1.165, 1.54) is 31.0 Å². The zero-order valence-corrected chi connectivity index (χ0v) is 21.3. The maximum Gasteiger partial charge on any atom is 0.262 e. The number of hydrogen-bond acceptors (Lipinski definition) is 6. The second-order valence-electron chi connectivity index (χ2n) is 8.46. The molecule has 37 heavy (non-hydrogen) atoms. The molecule has 2 amide bonds. The highest BCUT2D eigenvalue weighted by molar-refractivity contribution is 8.15. The number of ether oxygens (including phenoxy) is 1. The molecular weight excluding hydrogens is 515 g/mol. The SMILES string of the molecule is COc1ccccc1NC(=O)C[C@@H]1SC(N2N=C(c3ccc(F)cc3)C[C@H]2c2ccc(Cl)cc2)=NC1=O. The summed E-state index contributed by atoms with van der Waals surface area (Å²) in [7, 11) is 1.52.